The van der Waals surface area contributed by atoms with Crippen molar-refractivity contribution in [2.75, 3.05) is 7.05 Å². The molecule has 0 radical (unpaired) electrons. The average Bonchev–Trinajstić information content (AvgIpc) is 2.27. The number of fused-ring (bicyclic) bond motifs is 1. The summed E-state index contributed by atoms with van der Waals surface area (Å²) < 4.78 is 0. The lowest BCUT2D eigenvalue weighted by atomic mass is 10.1. The van der Waals surface area contributed by atoms with E-state index in [1.165, 1.54) is 11.1 Å². The van der Waals surface area contributed by atoms with Crippen LogP contribution in [-0.2, 0) is 13.1 Å². The normalized spacial score (nSPS) is 15.7. The zero-order valence-corrected chi connectivity index (χ0v) is 6.17. The number of hydrogen-bond acceptors (Lipinski definition) is 1. The predicted octanol–water partition coefficient (Wildman–Crippen LogP) is 2.51. The van der Waals surface area contributed by atoms with Crippen LogP contribution in [0.15, 0.2) is 24.3 Å². The lowest BCUT2D eigenvalue weighted by Crippen LogP contribution is -2.07. The van der Waals surface area contributed by atoms with E-state index in [0.29, 0.717) is 0 Å². The highest BCUT2D eigenvalue weighted by Crippen LogP contribution is 2.19. The Bertz CT molecular complexity index is 222. The summed E-state index contributed by atoms with van der Waals surface area (Å²) in [4.78, 5) is 2.32. The van der Waals surface area contributed by atoms with Crippen LogP contribution in [0, 0.1) is 0 Å². The van der Waals surface area contributed by atoms with Gasteiger partial charge in [0.15, 0.2) is 0 Å². The molecule has 0 spiro atoms. The standard InChI is InChI=1S/C9H11N.CH4.H2/c1-10-6-8-4-2-3-5-9(8)7-10;;/h2-5H,6-7H2,1H3;1H4;1H. The summed E-state index contributed by atoms with van der Waals surface area (Å²) in [5.41, 5.74) is 2.98. The van der Waals surface area contributed by atoms with Crippen LogP contribution in [0.25, 0.3) is 0 Å². The Morgan fingerprint density at radius 2 is 1.64 bits per heavy atom. The Labute approximate surface area is 70.1 Å². The fraction of sp³-hybridized carbons (Fsp3) is 0.400. The molecule has 0 fully saturated rings. The Kier molecular flexibility index (Phi) is 2.30. The van der Waals surface area contributed by atoms with Crippen molar-refractivity contribution in [2.24, 2.45) is 0 Å². The lowest BCUT2D eigenvalue weighted by molar-refractivity contribution is 0.353. The number of benzene rings is 1. The second-order valence-corrected chi connectivity index (χ2v) is 2.94. The molecule has 0 N–H and O–H groups in total. The number of hydrogen-bond donors (Lipinski definition) is 0. The Balaban J connectivity index is 0.000000605. The van der Waals surface area contributed by atoms with Gasteiger partial charge in [-0.1, -0.05) is 31.7 Å². The third kappa shape index (κ3) is 1.43. The summed E-state index contributed by atoms with van der Waals surface area (Å²) in [7, 11) is 2.15. The second-order valence-electron chi connectivity index (χ2n) is 2.94. The molecule has 11 heavy (non-hydrogen) atoms. The SMILES string of the molecule is C.CN1Cc2ccccc2C1.[HH]. The van der Waals surface area contributed by atoms with E-state index in [9.17, 15) is 0 Å². The molecular weight excluding hydrogens is 134 g/mol. The fourth-order valence-electron chi connectivity index (χ4n) is 1.50. The average molecular weight is 151 g/mol. The molecule has 1 aromatic rings. The highest BCUT2D eigenvalue weighted by molar-refractivity contribution is 5.29. The molecule has 0 aliphatic carbocycles. The van der Waals surface area contributed by atoms with Crippen LogP contribution in [0.5, 0.6) is 0 Å². The highest BCUT2D eigenvalue weighted by atomic mass is 15.1. The maximum Gasteiger partial charge on any atom is 0.0237 e. The first-order valence-corrected chi connectivity index (χ1v) is 3.61. The van der Waals surface area contributed by atoms with Crippen molar-refractivity contribution in [1.82, 2.24) is 4.90 Å². The third-order valence-electron chi connectivity index (χ3n) is 2.00. The number of rotatable bonds is 0. The van der Waals surface area contributed by atoms with E-state index in [0.717, 1.165) is 13.1 Å². The maximum atomic E-state index is 2.32. The van der Waals surface area contributed by atoms with Gasteiger partial charge in [0.2, 0.25) is 0 Å². The van der Waals surface area contributed by atoms with Gasteiger partial charge in [0.05, 0.1) is 0 Å². The van der Waals surface area contributed by atoms with Crippen LogP contribution in [0.2, 0.25) is 0 Å². The van der Waals surface area contributed by atoms with Gasteiger partial charge in [0.1, 0.15) is 0 Å². The molecule has 1 nitrogen and oxygen atoms in total. The Morgan fingerprint density at radius 3 is 2.09 bits per heavy atom. The first-order valence-electron chi connectivity index (χ1n) is 3.61. The van der Waals surface area contributed by atoms with Gasteiger partial charge in [-0.15, -0.1) is 0 Å². The largest absolute Gasteiger partial charge is 0.298 e. The summed E-state index contributed by atoms with van der Waals surface area (Å²) in [6, 6.07) is 8.63. The first kappa shape index (κ1) is 8.28. The molecule has 1 heterocycles. The zero-order chi connectivity index (χ0) is 6.97. The minimum Gasteiger partial charge on any atom is -0.298 e. The molecule has 0 unspecified atom stereocenters. The van der Waals surface area contributed by atoms with Crippen LogP contribution in [0.4, 0.5) is 0 Å². The van der Waals surface area contributed by atoms with Crippen molar-refractivity contribution in [1.29, 1.82) is 0 Å². The molecule has 0 amide bonds. The van der Waals surface area contributed by atoms with Gasteiger partial charge >= 0.3 is 0 Å². The summed E-state index contributed by atoms with van der Waals surface area (Å²) in [6.45, 7) is 2.24. The van der Waals surface area contributed by atoms with E-state index in [1.54, 1.807) is 0 Å². The molecule has 1 aliphatic rings. The van der Waals surface area contributed by atoms with Crippen molar-refractivity contribution in [2.45, 2.75) is 20.5 Å². The van der Waals surface area contributed by atoms with E-state index < -0.39 is 0 Å². The molecule has 1 aliphatic heterocycles. The maximum absolute atomic E-state index is 2.32. The first-order chi connectivity index (χ1) is 4.86. The minimum absolute atomic E-state index is 0. The van der Waals surface area contributed by atoms with E-state index in [4.69, 9.17) is 0 Å². The van der Waals surface area contributed by atoms with Gasteiger partial charge in [0, 0.05) is 14.5 Å². The van der Waals surface area contributed by atoms with Crippen LogP contribution in [-0.4, -0.2) is 11.9 Å². The monoisotopic (exact) mass is 151 g/mol. The van der Waals surface area contributed by atoms with Crippen molar-refractivity contribution >= 4 is 0 Å². The summed E-state index contributed by atoms with van der Waals surface area (Å²) in [5, 5.41) is 0. The zero-order valence-electron chi connectivity index (χ0n) is 6.17. The molecule has 1 heteroatoms. The van der Waals surface area contributed by atoms with Crippen LogP contribution in [0.1, 0.15) is 20.0 Å². The Morgan fingerprint density at radius 1 is 1.18 bits per heavy atom. The second kappa shape index (κ2) is 3.05. The van der Waals surface area contributed by atoms with E-state index >= 15 is 0 Å². The van der Waals surface area contributed by atoms with Crippen molar-refractivity contribution in [3.05, 3.63) is 35.4 Å². The van der Waals surface area contributed by atoms with Gasteiger partial charge in [-0.2, -0.15) is 0 Å². The van der Waals surface area contributed by atoms with Crippen molar-refractivity contribution in [3.63, 3.8) is 0 Å². The summed E-state index contributed by atoms with van der Waals surface area (Å²) in [5.74, 6) is 0. The minimum atomic E-state index is 0. The fourth-order valence-corrected chi connectivity index (χ4v) is 1.50. The molecule has 0 bridgehead atoms. The summed E-state index contributed by atoms with van der Waals surface area (Å²) in [6.07, 6.45) is 0. The Hall–Kier alpha value is -0.820. The molecule has 2 rings (SSSR count). The van der Waals surface area contributed by atoms with Gasteiger partial charge < -0.3 is 0 Å². The third-order valence-corrected chi connectivity index (χ3v) is 2.00. The van der Waals surface area contributed by atoms with Crippen molar-refractivity contribution < 1.29 is 1.43 Å². The van der Waals surface area contributed by atoms with Crippen LogP contribution < -0.4 is 0 Å². The van der Waals surface area contributed by atoms with Gasteiger partial charge in [-0.05, 0) is 18.2 Å². The topological polar surface area (TPSA) is 3.24 Å². The molecule has 1 aromatic carbocycles. The predicted molar refractivity (Wildman–Crippen MR) is 50.5 cm³/mol. The van der Waals surface area contributed by atoms with E-state index in [2.05, 4.69) is 36.2 Å². The quantitative estimate of drug-likeness (QED) is 0.550. The molecule has 62 valence electrons. The summed E-state index contributed by atoms with van der Waals surface area (Å²) >= 11 is 0. The van der Waals surface area contributed by atoms with Gasteiger partial charge in [-0.25, -0.2) is 0 Å². The van der Waals surface area contributed by atoms with Gasteiger partial charge in [0.25, 0.3) is 0 Å². The lowest BCUT2D eigenvalue weighted by Gasteiger charge is -2.02. The smallest absolute Gasteiger partial charge is 0.0237 e. The highest BCUT2D eigenvalue weighted by Gasteiger charge is 2.12. The van der Waals surface area contributed by atoms with Crippen LogP contribution in [0.3, 0.4) is 0 Å². The molecule has 0 atom stereocenters. The molecule has 0 saturated carbocycles. The van der Waals surface area contributed by atoms with Gasteiger partial charge in [-0.3, -0.25) is 4.90 Å². The molecule has 0 saturated heterocycles. The van der Waals surface area contributed by atoms with Crippen LogP contribution >= 0.6 is 0 Å². The molecular formula is C10H17N. The van der Waals surface area contributed by atoms with E-state index in [1.807, 2.05) is 0 Å². The van der Waals surface area contributed by atoms with E-state index in [-0.39, 0.29) is 8.85 Å². The molecule has 0 aromatic heterocycles. The van der Waals surface area contributed by atoms with Crippen molar-refractivity contribution in [3.8, 4) is 0 Å². The number of nitrogens with zero attached hydrogens (tertiary/aromatic N) is 1.